The van der Waals surface area contributed by atoms with Gasteiger partial charge in [-0.3, -0.25) is 0 Å². The summed E-state index contributed by atoms with van der Waals surface area (Å²) >= 11 is 0. The van der Waals surface area contributed by atoms with Crippen LogP contribution in [0.4, 0.5) is 0 Å². The molecular weight excluding hydrogens is 216 g/mol. The Hall–Kier alpha value is -1.82. The molecule has 0 aliphatic heterocycles. The third kappa shape index (κ3) is 1.69. The summed E-state index contributed by atoms with van der Waals surface area (Å²) in [7, 11) is 0. The highest BCUT2D eigenvalue weighted by atomic mass is 14.2. The SMILES string of the molecule is CC(C)(C)c1cccc2ccc3[c]cccc3c12. The van der Waals surface area contributed by atoms with Crippen LogP contribution in [0, 0.1) is 6.07 Å². The Morgan fingerprint density at radius 1 is 0.889 bits per heavy atom. The maximum atomic E-state index is 3.32. The monoisotopic (exact) mass is 233 g/mol. The number of hydrogen-bond donors (Lipinski definition) is 0. The first kappa shape index (κ1) is 11.3. The zero-order chi connectivity index (χ0) is 12.8. The van der Waals surface area contributed by atoms with E-state index in [0.29, 0.717) is 0 Å². The van der Waals surface area contributed by atoms with Gasteiger partial charge in [0.05, 0.1) is 0 Å². The maximum absolute atomic E-state index is 3.32. The summed E-state index contributed by atoms with van der Waals surface area (Å²) in [5.41, 5.74) is 1.56. The van der Waals surface area contributed by atoms with Gasteiger partial charge in [-0.05, 0) is 38.6 Å². The Morgan fingerprint density at radius 3 is 2.50 bits per heavy atom. The van der Waals surface area contributed by atoms with Gasteiger partial charge in [-0.2, -0.15) is 0 Å². The first-order valence-corrected chi connectivity index (χ1v) is 6.40. The smallest absolute Gasteiger partial charge is 0.00677 e. The zero-order valence-electron chi connectivity index (χ0n) is 11.1. The Bertz CT molecular complexity index is 715. The fourth-order valence-corrected chi connectivity index (χ4v) is 2.61. The second-order valence-corrected chi connectivity index (χ2v) is 5.85. The average molecular weight is 233 g/mol. The molecule has 0 heterocycles. The first-order valence-electron chi connectivity index (χ1n) is 6.40. The van der Waals surface area contributed by atoms with Gasteiger partial charge in [-0.15, -0.1) is 0 Å². The van der Waals surface area contributed by atoms with Gasteiger partial charge in [0.2, 0.25) is 0 Å². The quantitative estimate of drug-likeness (QED) is 0.474. The summed E-state index contributed by atoms with van der Waals surface area (Å²) in [6.45, 7) is 6.81. The highest BCUT2D eigenvalue weighted by Gasteiger charge is 2.17. The lowest BCUT2D eigenvalue weighted by Gasteiger charge is -2.22. The third-order valence-electron chi connectivity index (χ3n) is 3.49. The van der Waals surface area contributed by atoms with Crippen LogP contribution in [0.1, 0.15) is 26.3 Å². The third-order valence-corrected chi connectivity index (χ3v) is 3.49. The van der Waals surface area contributed by atoms with Crippen LogP contribution in [0.2, 0.25) is 0 Å². The molecule has 0 aliphatic carbocycles. The minimum Gasteiger partial charge on any atom is -0.0613 e. The van der Waals surface area contributed by atoms with Crippen molar-refractivity contribution in [2.75, 3.05) is 0 Å². The van der Waals surface area contributed by atoms with Gasteiger partial charge in [-0.25, -0.2) is 0 Å². The number of rotatable bonds is 0. The van der Waals surface area contributed by atoms with Crippen molar-refractivity contribution in [3.8, 4) is 0 Å². The normalized spacial score (nSPS) is 12.2. The molecule has 0 bridgehead atoms. The molecule has 89 valence electrons. The van der Waals surface area contributed by atoms with E-state index in [0.717, 1.165) is 0 Å². The maximum Gasteiger partial charge on any atom is -0.00677 e. The molecule has 0 spiro atoms. The highest BCUT2D eigenvalue weighted by molar-refractivity contribution is 6.09. The molecule has 0 N–H and O–H groups in total. The predicted molar refractivity (Wildman–Crippen MR) is 79.0 cm³/mol. The molecule has 0 amide bonds. The van der Waals surface area contributed by atoms with Gasteiger partial charge in [0.1, 0.15) is 0 Å². The van der Waals surface area contributed by atoms with Crippen LogP contribution in [-0.4, -0.2) is 0 Å². The van der Waals surface area contributed by atoms with Crippen LogP contribution in [0.5, 0.6) is 0 Å². The molecule has 3 rings (SSSR count). The molecular formula is C18H17. The van der Waals surface area contributed by atoms with E-state index >= 15 is 0 Å². The van der Waals surface area contributed by atoms with E-state index < -0.39 is 0 Å². The fraction of sp³-hybridized carbons (Fsp3) is 0.222. The molecule has 0 atom stereocenters. The standard InChI is InChI=1S/C18H17/c1-18(2,3)16-10-6-8-14-12-11-13-7-4-5-9-15(13)17(14)16/h4-6,8-12H,1-3H3. The van der Waals surface area contributed by atoms with Crippen molar-refractivity contribution < 1.29 is 0 Å². The van der Waals surface area contributed by atoms with E-state index in [9.17, 15) is 0 Å². The van der Waals surface area contributed by atoms with Gasteiger partial charge in [0.15, 0.2) is 0 Å². The molecule has 0 saturated heterocycles. The minimum atomic E-state index is 0.156. The van der Waals surface area contributed by atoms with Crippen molar-refractivity contribution in [3.05, 3.63) is 60.2 Å². The van der Waals surface area contributed by atoms with Gasteiger partial charge in [-0.1, -0.05) is 69.3 Å². The van der Waals surface area contributed by atoms with Crippen molar-refractivity contribution in [3.63, 3.8) is 0 Å². The largest absolute Gasteiger partial charge is 0.0613 e. The van der Waals surface area contributed by atoms with Crippen LogP contribution < -0.4 is 0 Å². The molecule has 1 radical (unpaired) electrons. The van der Waals surface area contributed by atoms with E-state index in [2.05, 4.69) is 69.3 Å². The Balaban J connectivity index is 2.55. The molecule has 0 unspecified atom stereocenters. The van der Waals surface area contributed by atoms with Crippen LogP contribution in [0.15, 0.2) is 48.5 Å². The van der Waals surface area contributed by atoms with E-state index in [-0.39, 0.29) is 5.41 Å². The number of fused-ring (bicyclic) bond motifs is 3. The van der Waals surface area contributed by atoms with Crippen molar-refractivity contribution in [2.24, 2.45) is 0 Å². The van der Waals surface area contributed by atoms with Crippen LogP contribution in [0.25, 0.3) is 21.5 Å². The van der Waals surface area contributed by atoms with Crippen molar-refractivity contribution >= 4 is 21.5 Å². The molecule has 18 heavy (non-hydrogen) atoms. The Labute approximate surface area is 108 Å². The van der Waals surface area contributed by atoms with Gasteiger partial charge >= 0.3 is 0 Å². The lowest BCUT2D eigenvalue weighted by molar-refractivity contribution is 0.596. The molecule has 0 aromatic heterocycles. The van der Waals surface area contributed by atoms with E-state index in [1.165, 1.54) is 27.1 Å². The van der Waals surface area contributed by atoms with E-state index in [1.807, 2.05) is 6.07 Å². The summed E-state index contributed by atoms with van der Waals surface area (Å²) in [4.78, 5) is 0. The fourth-order valence-electron chi connectivity index (χ4n) is 2.61. The second kappa shape index (κ2) is 3.84. The summed E-state index contributed by atoms with van der Waals surface area (Å²) in [5.74, 6) is 0. The van der Waals surface area contributed by atoms with Gasteiger partial charge < -0.3 is 0 Å². The molecule has 0 aliphatic rings. The topological polar surface area (TPSA) is 0 Å². The highest BCUT2D eigenvalue weighted by Crippen LogP contribution is 2.34. The Morgan fingerprint density at radius 2 is 1.72 bits per heavy atom. The second-order valence-electron chi connectivity index (χ2n) is 5.85. The predicted octanol–water partition coefficient (Wildman–Crippen LogP) is 5.09. The lowest BCUT2D eigenvalue weighted by atomic mass is 9.82. The van der Waals surface area contributed by atoms with E-state index in [4.69, 9.17) is 0 Å². The van der Waals surface area contributed by atoms with E-state index in [1.54, 1.807) is 0 Å². The molecule has 0 saturated carbocycles. The molecule has 3 aromatic rings. The van der Waals surface area contributed by atoms with Gasteiger partial charge in [0, 0.05) is 0 Å². The minimum absolute atomic E-state index is 0.156. The van der Waals surface area contributed by atoms with Crippen molar-refractivity contribution in [2.45, 2.75) is 26.2 Å². The van der Waals surface area contributed by atoms with Crippen LogP contribution in [-0.2, 0) is 5.41 Å². The molecule has 3 aromatic carbocycles. The molecule has 0 nitrogen and oxygen atoms in total. The molecule has 0 heteroatoms. The zero-order valence-corrected chi connectivity index (χ0v) is 11.1. The summed E-state index contributed by atoms with van der Waals surface area (Å²) in [6, 6.07) is 20.5. The summed E-state index contributed by atoms with van der Waals surface area (Å²) in [5, 5.41) is 5.19. The first-order chi connectivity index (χ1) is 8.57. The van der Waals surface area contributed by atoms with Crippen LogP contribution >= 0.6 is 0 Å². The number of hydrogen-bond acceptors (Lipinski definition) is 0. The number of benzene rings is 3. The summed E-state index contributed by atoms with van der Waals surface area (Å²) in [6.07, 6.45) is 0. The van der Waals surface area contributed by atoms with Crippen molar-refractivity contribution in [1.82, 2.24) is 0 Å². The average Bonchev–Trinajstić information content (AvgIpc) is 2.36. The lowest BCUT2D eigenvalue weighted by Crippen LogP contribution is -2.11. The van der Waals surface area contributed by atoms with Gasteiger partial charge in [0.25, 0.3) is 0 Å². The van der Waals surface area contributed by atoms with Crippen molar-refractivity contribution in [1.29, 1.82) is 0 Å². The molecule has 0 fully saturated rings. The Kier molecular flexibility index (Phi) is 2.41. The van der Waals surface area contributed by atoms with Crippen LogP contribution in [0.3, 0.4) is 0 Å². The summed E-state index contributed by atoms with van der Waals surface area (Å²) < 4.78 is 0.